The Hall–Kier alpha value is 1.55. The van der Waals surface area contributed by atoms with Gasteiger partial charge >= 0.3 is 94.6 Å². The summed E-state index contributed by atoms with van der Waals surface area (Å²) in [4.78, 5) is 21.8. The van der Waals surface area contributed by atoms with E-state index in [4.69, 9.17) is 5.11 Å². The third-order valence-electron chi connectivity index (χ3n) is 2.10. The fourth-order valence-corrected chi connectivity index (χ4v) is 1.65. The molecule has 1 unspecified atom stereocenters. The second-order valence-corrected chi connectivity index (χ2v) is 3.41. The fraction of sp³-hybridized carbons (Fsp3) is 0.273. The molecule has 1 atom stereocenters. The third-order valence-corrected chi connectivity index (χ3v) is 2.10. The Morgan fingerprint density at radius 3 is 1.21 bits per heavy atom. The summed E-state index contributed by atoms with van der Waals surface area (Å²) in [6, 6.07) is 3.62. The van der Waals surface area contributed by atoms with Crippen LogP contribution in [0.5, 0.6) is 0 Å². The Morgan fingerprint density at radius 2 is 1.00 bits per heavy atom. The molecule has 0 bridgehead atoms. The van der Waals surface area contributed by atoms with Gasteiger partial charge in [-0.3, -0.25) is 4.79 Å². The number of aliphatic carboxylic acids is 1. The number of hydrogen-bond donors (Lipinski definition) is 1. The van der Waals surface area contributed by atoms with E-state index in [1.807, 2.05) is 19.1 Å². The zero-order valence-corrected chi connectivity index (χ0v) is 13.5. The van der Waals surface area contributed by atoms with Crippen LogP contribution in [0.4, 0.5) is 0 Å². The molecule has 9 nitrogen and oxygen atoms in total. The number of benzene rings is 1. The predicted octanol–water partition coefficient (Wildman–Crippen LogP) is -4.96. The van der Waals surface area contributed by atoms with Crippen molar-refractivity contribution < 1.29 is 47.6 Å². The van der Waals surface area contributed by atoms with E-state index in [0.717, 1.165) is 16.7 Å². The van der Waals surface area contributed by atoms with Gasteiger partial charge in [-0.05, 0) is 31.9 Å². The number of aryl methyl sites for hydroxylation is 3. The Bertz CT molecular complexity index is 410. The summed E-state index contributed by atoms with van der Waals surface area (Å²) in [6.07, 6.45) is 0. The zero-order valence-electron chi connectivity index (χ0n) is 12.1. The number of rotatable bonds is 2. The van der Waals surface area contributed by atoms with Gasteiger partial charge < -0.3 is 38.0 Å². The van der Waals surface area contributed by atoms with E-state index in [1.54, 1.807) is 13.8 Å². The van der Waals surface area contributed by atoms with Crippen LogP contribution in [0.2, 0.25) is 0 Å². The van der Waals surface area contributed by atoms with Crippen molar-refractivity contribution in [3.63, 3.8) is 0 Å². The molecule has 1 aromatic carbocycles. The van der Waals surface area contributed by atoms with Crippen LogP contribution in [0, 0.1) is 20.8 Å². The minimum atomic E-state index is -1.40. The SMILES string of the molecule is Cc1cc(C)c(C(=O)C(=O)O)c(C)c1.O.O.O.O.O.O.P.[NaH].[NaH].[NaH]. The van der Waals surface area contributed by atoms with Gasteiger partial charge in [0.1, 0.15) is 0 Å². The molecule has 1 rings (SSSR count). The molecule has 13 heteroatoms. The second kappa shape index (κ2) is 29.3. The van der Waals surface area contributed by atoms with Gasteiger partial charge in [-0.1, -0.05) is 17.7 Å². The second-order valence-electron chi connectivity index (χ2n) is 3.41. The molecule has 0 fully saturated rings. The van der Waals surface area contributed by atoms with Gasteiger partial charge in [-0.15, -0.1) is 0 Å². The van der Waals surface area contributed by atoms with Crippen LogP contribution in [-0.4, -0.2) is 138 Å². The number of carboxylic acids is 1. The molecule has 1 aromatic rings. The first-order chi connectivity index (χ1) is 6.43. The quantitative estimate of drug-likeness (QED) is 0.220. The number of carbonyl (C=O) groups is 2. The van der Waals surface area contributed by atoms with Crippen molar-refractivity contribution >= 4 is 110 Å². The maximum atomic E-state index is 11.3. The van der Waals surface area contributed by atoms with Crippen LogP contribution in [0.25, 0.3) is 0 Å². The summed E-state index contributed by atoms with van der Waals surface area (Å²) in [5, 5.41) is 8.60. The molecule has 24 heavy (non-hydrogen) atoms. The molecule has 0 saturated heterocycles. The van der Waals surface area contributed by atoms with Crippen molar-refractivity contribution in [2.24, 2.45) is 0 Å². The van der Waals surface area contributed by atoms with E-state index in [1.165, 1.54) is 0 Å². The predicted molar refractivity (Wildman–Crippen MR) is 107 cm³/mol. The average molecular weight is 406 g/mol. The van der Waals surface area contributed by atoms with Crippen LogP contribution < -0.4 is 0 Å². The Balaban J connectivity index is -0.0000000245. The fourth-order valence-electron chi connectivity index (χ4n) is 1.65. The van der Waals surface area contributed by atoms with Crippen LogP contribution in [-0.2, 0) is 4.79 Å². The normalized spacial score (nSPS) is 5.79. The Kier molecular flexibility index (Phi) is 77.8. The van der Waals surface area contributed by atoms with Gasteiger partial charge in [0, 0.05) is 5.56 Å². The van der Waals surface area contributed by atoms with Crippen molar-refractivity contribution in [2.75, 3.05) is 0 Å². The molecule has 0 radical (unpaired) electrons. The van der Waals surface area contributed by atoms with E-state index in [-0.39, 0.29) is 131 Å². The number of hydrogen-bond acceptors (Lipinski definition) is 2. The number of Topliss-reactive ketones (excluding diaryl/α,β-unsaturated/α-hetero) is 1. The molecule has 0 aliphatic heterocycles. The maximum absolute atomic E-state index is 11.3. The Labute approximate surface area is 210 Å². The van der Waals surface area contributed by atoms with Crippen LogP contribution in [0.15, 0.2) is 12.1 Å². The molecule has 13 N–H and O–H groups in total. The van der Waals surface area contributed by atoms with Gasteiger partial charge in [-0.25, -0.2) is 4.79 Å². The van der Waals surface area contributed by atoms with Crippen molar-refractivity contribution in [1.82, 2.24) is 0 Å². The molecule has 0 saturated carbocycles. The molecule has 0 amide bonds. The molecule has 0 heterocycles. The topological polar surface area (TPSA) is 243 Å². The molecule has 0 aromatic heterocycles. The summed E-state index contributed by atoms with van der Waals surface area (Å²) in [5.41, 5.74) is 2.77. The van der Waals surface area contributed by atoms with Gasteiger partial charge in [0.05, 0.1) is 0 Å². The zero-order chi connectivity index (χ0) is 10.9. The molecule has 0 aliphatic carbocycles. The number of carboxylic acid groups (broad SMARTS) is 1. The van der Waals surface area contributed by atoms with E-state index in [2.05, 4.69) is 0 Å². The number of ketones is 1. The summed E-state index contributed by atoms with van der Waals surface area (Å²) in [7, 11) is 0. The van der Waals surface area contributed by atoms with E-state index in [0.29, 0.717) is 5.56 Å². The van der Waals surface area contributed by atoms with Gasteiger partial charge in [0.25, 0.3) is 5.78 Å². The van der Waals surface area contributed by atoms with Gasteiger partial charge in [0.2, 0.25) is 0 Å². The molecule has 0 aliphatic rings. The van der Waals surface area contributed by atoms with Crippen molar-refractivity contribution in [1.29, 1.82) is 0 Å². The van der Waals surface area contributed by atoms with Crippen LogP contribution in [0.3, 0.4) is 0 Å². The van der Waals surface area contributed by atoms with E-state index < -0.39 is 11.8 Å². The third kappa shape index (κ3) is 18.3. The van der Waals surface area contributed by atoms with Gasteiger partial charge in [-0.2, -0.15) is 9.90 Å². The first kappa shape index (κ1) is 63.7. The van der Waals surface area contributed by atoms with Crippen molar-refractivity contribution in [2.45, 2.75) is 20.8 Å². The Morgan fingerprint density at radius 1 is 0.750 bits per heavy atom. The van der Waals surface area contributed by atoms with Gasteiger partial charge in [0.15, 0.2) is 0 Å². The van der Waals surface area contributed by atoms with E-state index >= 15 is 0 Å². The van der Waals surface area contributed by atoms with Crippen molar-refractivity contribution in [3.05, 3.63) is 34.4 Å². The van der Waals surface area contributed by atoms with Crippen molar-refractivity contribution in [3.8, 4) is 0 Å². The van der Waals surface area contributed by atoms with E-state index in [9.17, 15) is 9.59 Å². The standard InChI is InChI=1S/C11H12O3.3Na.6H2O.H3P.3H/c1-6-4-7(2)9(8(3)5-6)10(12)11(13)14;;;;;;;;;;;;;/h4-5H,1-3H3,(H,13,14);;;;6*1H2;1H3;;;. The minimum absolute atomic E-state index is 0. The summed E-state index contributed by atoms with van der Waals surface area (Å²) in [5.74, 6) is -2.24. The monoisotopic (exact) mass is 406 g/mol. The first-order valence-electron chi connectivity index (χ1n) is 4.29. The average Bonchev–Trinajstić information content (AvgIpc) is 2.01. The summed E-state index contributed by atoms with van der Waals surface area (Å²) < 4.78 is 0. The number of carbonyl (C=O) groups excluding carboxylic acids is 1. The summed E-state index contributed by atoms with van der Waals surface area (Å²) in [6.45, 7) is 5.40. The van der Waals surface area contributed by atoms with Crippen LogP contribution >= 0.6 is 9.90 Å². The first-order valence-corrected chi connectivity index (χ1v) is 4.29. The van der Waals surface area contributed by atoms with Crippen LogP contribution in [0.1, 0.15) is 27.0 Å². The summed E-state index contributed by atoms with van der Waals surface area (Å²) >= 11 is 0. The molecule has 0 spiro atoms. The molecular weight excluding hydrogens is 376 g/mol. The molecular formula is C11H30Na3O9P. The molecule has 136 valence electrons.